The van der Waals surface area contributed by atoms with Gasteiger partial charge in [0.25, 0.3) is 11.6 Å². The second-order valence-electron chi connectivity index (χ2n) is 5.71. The number of benzene rings is 2. The van der Waals surface area contributed by atoms with Crippen LogP contribution in [0.4, 0.5) is 11.4 Å². The predicted octanol–water partition coefficient (Wildman–Crippen LogP) is 2.73. The fraction of sp³-hybridized carbons (Fsp3) is 0.263. The lowest BCUT2D eigenvalue weighted by Crippen LogP contribution is -2.21. The van der Waals surface area contributed by atoms with Crippen LogP contribution >= 0.6 is 0 Å². The van der Waals surface area contributed by atoms with Crippen LogP contribution in [0.1, 0.15) is 12.0 Å². The molecular weight excluding hydrogens is 368 g/mol. The Hall–Kier alpha value is -3.62. The lowest BCUT2D eigenvalue weighted by molar-refractivity contribution is -0.384. The number of carbonyl (C=O) groups is 2. The van der Waals surface area contributed by atoms with Crippen LogP contribution in [0, 0.1) is 10.1 Å². The molecule has 0 aliphatic heterocycles. The van der Waals surface area contributed by atoms with Gasteiger partial charge in [-0.15, -0.1) is 0 Å². The van der Waals surface area contributed by atoms with Crippen LogP contribution in [0.3, 0.4) is 0 Å². The Balaban J connectivity index is 1.80. The van der Waals surface area contributed by atoms with Crippen LogP contribution < -0.4 is 14.8 Å². The SMILES string of the molecule is COc1ccc(CCC(=O)OCC(=O)Nc2cccc([N+](=O)[O-])c2)cc1OC. The first-order chi connectivity index (χ1) is 13.4. The third-order valence-corrected chi connectivity index (χ3v) is 3.77. The van der Waals surface area contributed by atoms with Gasteiger partial charge in [0.15, 0.2) is 18.1 Å². The Kier molecular flexibility index (Phi) is 7.32. The third-order valence-electron chi connectivity index (χ3n) is 3.77. The minimum atomic E-state index is -0.583. The Bertz CT molecular complexity index is 867. The van der Waals surface area contributed by atoms with Crippen molar-refractivity contribution in [3.05, 3.63) is 58.1 Å². The molecule has 0 aliphatic rings. The molecule has 0 bridgehead atoms. The standard InChI is InChI=1S/C19H20N2O7/c1-26-16-8-6-13(10-17(16)27-2)7-9-19(23)28-12-18(22)20-14-4-3-5-15(11-14)21(24)25/h3-6,8,10-11H,7,9,12H2,1-2H3,(H,20,22). The van der Waals surface area contributed by atoms with Crippen molar-refractivity contribution >= 4 is 23.3 Å². The number of nitro benzene ring substituents is 1. The van der Waals surface area contributed by atoms with Crippen molar-refractivity contribution in [1.82, 2.24) is 0 Å². The van der Waals surface area contributed by atoms with Crippen LogP contribution in [-0.2, 0) is 20.7 Å². The smallest absolute Gasteiger partial charge is 0.306 e. The predicted molar refractivity (Wildman–Crippen MR) is 101 cm³/mol. The van der Waals surface area contributed by atoms with E-state index in [1.165, 1.54) is 38.5 Å². The van der Waals surface area contributed by atoms with Crippen molar-refractivity contribution in [2.75, 3.05) is 26.1 Å². The molecule has 28 heavy (non-hydrogen) atoms. The average Bonchev–Trinajstić information content (AvgIpc) is 2.70. The molecule has 148 valence electrons. The molecule has 2 aromatic rings. The second kappa shape index (κ2) is 9.91. The summed E-state index contributed by atoms with van der Waals surface area (Å²) in [5.41, 5.74) is 0.959. The Morgan fingerprint density at radius 2 is 1.82 bits per heavy atom. The minimum absolute atomic E-state index is 0.0829. The molecule has 0 saturated heterocycles. The first-order valence-electron chi connectivity index (χ1n) is 8.33. The molecule has 0 heterocycles. The van der Waals surface area contributed by atoms with E-state index in [0.717, 1.165) is 5.56 Å². The summed E-state index contributed by atoms with van der Waals surface area (Å²) < 4.78 is 15.3. The maximum absolute atomic E-state index is 11.8. The van der Waals surface area contributed by atoms with E-state index in [9.17, 15) is 19.7 Å². The molecule has 1 amide bonds. The summed E-state index contributed by atoms with van der Waals surface area (Å²) in [6.45, 7) is -0.479. The average molecular weight is 388 g/mol. The number of methoxy groups -OCH3 is 2. The van der Waals surface area contributed by atoms with E-state index in [1.54, 1.807) is 12.1 Å². The maximum atomic E-state index is 11.8. The van der Waals surface area contributed by atoms with Gasteiger partial charge in [-0.2, -0.15) is 0 Å². The summed E-state index contributed by atoms with van der Waals surface area (Å²) >= 11 is 0. The molecular formula is C19H20N2O7. The summed E-state index contributed by atoms with van der Waals surface area (Å²) in [5, 5.41) is 13.2. The highest BCUT2D eigenvalue weighted by molar-refractivity contribution is 5.93. The van der Waals surface area contributed by atoms with Gasteiger partial charge in [0.05, 0.1) is 19.1 Å². The van der Waals surface area contributed by atoms with E-state index >= 15 is 0 Å². The van der Waals surface area contributed by atoms with E-state index < -0.39 is 23.4 Å². The Labute approximate surface area is 161 Å². The van der Waals surface area contributed by atoms with Crippen LogP contribution in [0.2, 0.25) is 0 Å². The summed E-state index contributed by atoms with van der Waals surface area (Å²) in [7, 11) is 3.06. The lowest BCUT2D eigenvalue weighted by atomic mass is 10.1. The molecule has 2 aromatic carbocycles. The molecule has 0 aliphatic carbocycles. The number of ether oxygens (including phenoxy) is 3. The van der Waals surface area contributed by atoms with Gasteiger partial charge in [0.1, 0.15) is 0 Å². The van der Waals surface area contributed by atoms with Crippen molar-refractivity contribution in [2.45, 2.75) is 12.8 Å². The third kappa shape index (κ3) is 5.97. The summed E-state index contributed by atoms with van der Waals surface area (Å²) in [5.74, 6) is 0.0280. The highest BCUT2D eigenvalue weighted by Gasteiger charge is 2.12. The molecule has 0 radical (unpaired) electrons. The van der Waals surface area contributed by atoms with Crippen LogP contribution in [0.25, 0.3) is 0 Å². The molecule has 0 atom stereocenters. The molecule has 0 aromatic heterocycles. The molecule has 1 N–H and O–H groups in total. The highest BCUT2D eigenvalue weighted by Crippen LogP contribution is 2.28. The van der Waals surface area contributed by atoms with Gasteiger partial charge in [0.2, 0.25) is 0 Å². The van der Waals surface area contributed by atoms with E-state index in [4.69, 9.17) is 14.2 Å². The number of aryl methyl sites for hydroxylation is 1. The molecule has 0 spiro atoms. The number of hydrogen-bond donors (Lipinski definition) is 1. The van der Waals surface area contributed by atoms with Crippen LogP contribution in [0.15, 0.2) is 42.5 Å². The van der Waals surface area contributed by atoms with Crippen molar-refractivity contribution < 1.29 is 28.7 Å². The number of carbonyl (C=O) groups excluding carboxylic acids is 2. The number of nitrogens with zero attached hydrogens (tertiary/aromatic N) is 1. The first-order valence-corrected chi connectivity index (χ1v) is 8.33. The normalized spacial score (nSPS) is 10.1. The van der Waals surface area contributed by atoms with Gasteiger partial charge in [0, 0.05) is 24.2 Å². The lowest BCUT2D eigenvalue weighted by Gasteiger charge is -2.09. The molecule has 0 saturated carbocycles. The zero-order valence-corrected chi connectivity index (χ0v) is 15.5. The number of esters is 1. The molecule has 2 rings (SSSR count). The van der Waals surface area contributed by atoms with E-state index in [-0.39, 0.29) is 17.8 Å². The topological polar surface area (TPSA) is 117 Å². The monoisotopic (exact) mass is 388 g/mol. The number of anilines is 1. The second-order valence-corrected chi connectivity index (χ2v) is 5.71. The Morgan fingerprint density at radius 3 is 2.50 bits per heavy atom. The number of rotatable bonds is 9. The van der Waals surface area contributed by atoms with Crippen LogP contribution in [-0.4, -0.2) is 37.6 Å². The number of hydrogen-bond acceptors (Lipinski definition) is 7. The highest BCUT2D eigenvalue weighted by atomic mass is 16.6. The number of nitro groups is 1. The van der Waals surface area contributed by atoms with Crippen molar-refractivity contribution in [3.8, 4) is 11.5 Å². The fourth-order valence-corrected chi connectivity index (χ4v) is 2.40. The van der Waals surface area contributed by atoms with Gasteiger partial charge in [-0.25, -0.2) is 0 Å². The fourth-order valence-electron chi connectivity index (χ4n) is 2.40. The van der Waals surface area contributed by atoms with Gasteiger partial charge >= 0.3 is 5.97 Å². The quantitative estimate of drug-likeness (QED) is 0.399. The first kappa shape index (κ1) is 20.7. The van der Waals surface area contributed by atoms with Crippen molar-refractivity contribution in [2.24, 2.45) is 0 Å². The van der Waals surface area contributed by atoms with E-state index in [1.807, 2.05) is 6.07 Å². The number of nitrogens with one attached hydrogen (secondary N) is 1. The molecule has 0 unspecified atom stereocenters. The van der Waals surface area contributed by atoms with Gasteiger partial charge in [-0.05, 0) is 30.2 Å². The van der Waals surface area contributed by atoms with Gasteiger partial charge in [-0.3, -0.25) is 19.7 Å². The van der Waals surface area contributed by atoms with Gasteiger partial charge in [-0.1, -0.05) is 12.1 Å². The number of non-ortho nitro benzene ring substituents is 1. The van der Waals surface area contributed by atoms with E-state index in [2.05, 4.69) is 5.32 Å². The largest absolute Gasteiger partial charge is 0.493 e. The van der Waals surface area contributed by atoms with Crippen molar-refractivity contribution in [1.29, 1.82) is 0 Å². The van der Waals surface area contributed by atoms with E-state index in [0.29, 0.717) is 17.9 Å². The van der Waals surface area contributed by atoms with Crippen LogP contribution in [0.5, 0.6) is 11.5 Å². The molecule has 9 heteroatoms. The number of amides is 1. The molecule has 9 nitrogen and oxygen atoms in total. The summed E-state index contributed by atoms with van der Waals surface area (Å²) in [6.07, 6.45) is 0.491. The minimum Gasteiger partial charge on any atom is -0.493 e. The molecule has 0 fully saturated rings. The Morgan fingerprint density at radius 1 is 1.07 bits per heavy atom. The maximum Gasteiger partial charge on any atom is 0.306 e. The summed E-state index contributed by atoms with van der Waals surface area (Å²) in [4.78, 5) is 33.8. The zero-order chi connectivity index (χ0) is 20.5. The summed E-state index contributed by atoms with van der Waals surface area (Å²) in [6, 6.07) is 10.8. The zero-order valence-electron chi connectivity index (χ0n) is 15.5. The van der Waals surface area contributed by atoms with Crippen molar-refractivity contribution in [3.63, 3.8) is 0 Å². The van der Waals surface area contributed by atoms with Gasteiger partial charge < -0.3 is 19.5 Å².